The number of para-hydroxylation sites is 1. The third kappa shape index (κ3) is 3.72. The average molecular weight is 343 g/mol. The van der Waals surface area contributed by atoms with Crippen molar-refractivity contribution in [1.29, 1.82) is 0 Å². The zero-order chi connectivity index (χ0) is 16.8. The van der Waals surface area contributed by atoms with Crippen molar-refractivity contribution in [2.24, 2.45) is 0 Å². The van der Waals surface area contributed by atoms with E-state index in [2.05, 4.69) is 20.4 Å². The van der Waals surface area contributed by atoms with E-state index in [4.69, 9.17) is 4.74 Å². The summed E-state index contributed by atoms with van der Waals surface area (Å²) < 4.78 is 6.67. The van der Waals surface area contributed by atoms with Crippen LogP contribution in [0.1, 0.15) is 0 Å². The third-order valence-corrected chi connectivity index (χ3v) is 4.30. The molecule has 1 N–H and O–H groups in total. The minimum atomic E-state index is -0.0562. The van der Waals surface area contributed by atoms with E-state index in [1.165, 1.54) is 18.1 Å². The lowest BCUT2D eigenvalue weighted by Gasteiger charge is -2.05. The largest absolute Gasteiger partial charge is 0.383 e. The Morgan fingerprint density at radius 2 is 2.12 bits per heavy atom. The topological polar surface area (TPSA) is 81.9 Å². The SMILES string of the molecule is COCCNC(=O)CSc1ncnc2c1cnn2-c1ccccc1. The molecular weight excluding hydrogens is 326 g/mol. The maximum atomic E-state index is 11.8. The van der Waals surface area contributed by atoms with Crippen LogP contribution < -0.4 is 5.32 Å². The number of hydrogen-bond donors (Lipinski definition) is 1. The number of carbonyl (C=O) groups excluding carboxylic acids is 1. The summed E-state index contributed by atoms with van der Waals surface area (Å²) in [7, 11) is 1.60. The van der Waals surface area contributed by atoms with Gasteiger partial charge >= 0.3 is 0 Å². The predicted octanol–water partition coefficient (Wildman–Crippen LogP) is 1.67. The van der Waals surface area contributed by atoms with E-state index in [1.807, 2.05) is 30.3 Å². The number of fused-ring (bicyclic) bond motifs is 1. The molecule has 0 unspecified atom stereocenters. The van der Waals surface area contributed by atoms with Gasteiger partial charge in [-0.05, 0) is 12.1 Å². The van der Waals surface area contributed by atoms with Crippen LogP contribution in [-0.4, -0.2) is 51.7 Å². The molecule has 0 atom stereocenters. The van der Waals surface area contributed by atoms with E-state index < -0.39 is 0 Å². The van der Waals surface area contributed by atoms with Crippen molar-refractivity contribution in [1.82, 2.24) is 25.1 Å². The molecule has 2 heterocycles. The van der Waals surface area contributed by atoms with Gasteiger partial charge in [0.25, 0.3) is 0 Å². The number of ether oxygens (including phenoxy) is 1. The molecule has 7 nitrogen and oxygen atoms in total. The number of rotatable bonds is 7. The normalized spacial score (nSPS) is 10.9. The van der Waals surface area contributed by atoms with Gasteiger partial charge < -0.3 is 10.1 Å². The van der Waals surface area contributed by atoms with E-state index in [0.29, 0.717) is 13.2 Å². The Morgan fingerprint density at radius 1 is 1.29 bits per heavy atom. The van der Waals surface area contributed by atoms with Gasteiger partial charge in [-0.3, -0.25) is 4.79 Å². The van der Waals surface area contributed by atoms with Gasteiger partial charge in [0, 0.05) is 13.7 Å². The minimum absolute atomic E-state index is 0.0562. The summed E-state index contributed by atoms with van der Waals surface area (Å²) in [5.41, 5.74) is 1.65. The van der Waals surface area contributed by atoms with Crippen LogP contribution >= 0.6 is 11.8 Å². The van der Waals surface area contributed by atoms with E-state index >= 15 is 0 Å². The molecule has 1 amide bonds. The Labute approximate surface area is 143 Å². The molecule has 2 aromatic heterocycles. The second-order valence-electron chi connectivity index (χ2n) is 4.94. The van der Waals surface area contributed by atoms with Crippen LogP contribution in [0, 0.1) is 0 Å². The second kappa shape index (κ2) is 7.89. The fourth-order valence-electron chi connectivity index (χ4n) is 2.17. The van der Waals surface area contributed by atoms with Gasteiger partial charge in [0.2, 0.25) is 5.91 Å². The van der Waals surface area contributed by atoms with Crippen LogP contribution in [0.4, 0.5) is 0 Å². The van der Waals surface area contributed by atoms with Crippen LogP contribution in [-0.2, 0) is 9.53 Å². The molecule has 0 aliphatic rings. The van der Waals surface area contributed by atoms with Crippen LogP contribution in [0.3, 0.4) is 0 Å². The Bertz CT molecular complexity index is 822. The number of nitrogens with zero attached hydrogens (tertiary/aromatic N) is 4. The molecule has 0 bridgehead atoms. The third-order valence-electron chi connectivity index (χ3n) is 3.30. The molecule has 0 aliphatic heterocycles. The van der Waals surface area contributed by atoms with E-state index in [-0.39, 0.29) is 11.7 Å². The predicted molar refractivity (Wildman–Crippen MR) is 92.3 cm³/mol. The van der Waals surface area contributed by atoms with Crippen molar-refractivity contribution >= 4 is 28.7 Å². The molecule has 0 aliphatic carbocycles. The van der Waals surface area contributed by atoms with Crippen molar-refractivity contribution in [2.45, 2.75) is 5.03 Å². The van der Waals surface area contributed by atoms with Gasteiger partial charge in [0.15, 0.2) is 5.65 Å². The highest BCUT2D eigenvalue weighted by atomic mass is 32.2. The molecule has 1 aromatic carbocycles. The monoisotopic (exact) mass is 343 g/mol. The first-order valence-corrected chi connectivity index (χ1v) is 8.40. The summed E-state index contributed by atoms with van der Waals surface area (Å²) in [5, 5.41) is 8.75. The molecule has 3 aromatic rings. The van der Waals surface area contributed by atoms with Crippen LogP contribution in [0.5, 0.6) is 0 Å². The van der Waals surface area contributed by atoms with Gasteiger partial charge in [0.05, 0.1) is 29.6 Å². The van der Waals surface area contributed by atoms with Crippen molar-refractivity contribution < 1.29 is 9.53 Å². The number of benzene rings is 1. The summed E-state index contributed by atoms with van der Waals surface area (Å²) in [6, 6.07) is 9.77. The Balaban J connectivity index is 1.76. The molecule has 0 radical (unpaired) electrons. The smallest absolute Gasteiger partial charge is 0.230 e. The summed E-state index contributed by atoms with van der Waals surface area (Å²) in [4.78, 5) is 20.4. The number of amides is 1. The highest BCUT2D eigenvalue weighted by Crippen LogP contribution is 2.25. The van der Waals surface area contributed by atoms with Crippen molar-refractivity contribution in [3.05, 3.63) is 42.9 Å². The quantitative estimate of drug-likeness (QED) is 0.399. The first-order chi connectivity index (χ1) is 11.8. The molecule has 8 heteroatoms. The zero-order valence-electron chi connectivity index (χ0n) is 13.2. The number of thioether (sulfide) groups is 1. The molecular formula is C16H17N5O2S. The Morgan fingerprint density at radius 3 is 2.92 bits per heavy atom. The lowest BCUT2D eigenvalue weighted by molar-refractivity contribution is -0.118. The number of methoxy groups -OCH3 is 1. The van der Waals surface area contributed by atoms with Gasteiger partial charge in [-0.25, -0.2) is 14.6 Å². The fourth-order valence-corrected chi connectivity index (χ4v) is 2.96. The first-order valence-electron chi connectivity index (χ1n) is 7.42. The number of nitrogens with one attached hydrogen (secondary N) is 1. The van der Waals surface area contributed by atoms with Crippen LogP contribution in [0.2, 0.25) is 0 Å². The zero-order valence-corrected chi connectivity index (χ0v) is 14.0. The Hall–Kier alpha value is -2.45. The van der Waals surface area contributed by atoms with E-state index in [0.717, 1.165) is 21.7 Å². The molecule has 0 spiro atoms. The second-order valence-corrected chi connectivity index (χ2v) is 5.90. The molecule has 0 fully saturated rings. The van der Waals surface area contributed by atoms with Crippen molar-refractivity contribution in [3.63, 3.8) is 0 Å². The highest BCUT2D eigenvalue weighted by molar-refractivity contribution is 8.00. The van der Waals surface area contributed by atoms with Crippen molar-refractivity contribution in [3.8, 4) is 5.69 Å². The first kappa shape index (κ1) is 16.4. The number of aromatic nitrogens is 4. The minimum Gasteiger partial charge on any atom is -0.383 e. The lowest BCUT2D eigenvalue weighted by Crippen LogP contribution is -2.28. The lowest BCUT2D eigenvalue weighted by atomic mass is 10.3. The van der Waals surface area contributed by atoms with Gasteiger partial charge in [-0.15, -0.1) is 0 Å². The van der Waals surface area contributed by atoms with Gasteiger partial charge in [0.1, 0.15) is 11.4 Å². The average Bonchev–Trinajstić information content (AvgIpc) is 3.05. The highest BCUT2D eigenvalue weighted by Gasteiger charge is 2.12. The molecule has 24 heavy (non-hydrogen) atoms. The molecule has 0 saturated heterocycles. The molecule has 0 saturated carbocycles. The Kier molecular flexibility index (Phi) is 5.39. The molecule has 3 rings (SSSR count). The van der Waals surface area contributed by atoms with E-state index in [1.54, 1.807) is 18.0 Å². The fraction of sp³-hybridized carbons (Fsp3) is 0.250. The summed E-state index contributed by atoms with van der Waals surface area (Å²) in [5.74, 6) is 0.228. The number of carbonyl (C=O) groups is 1. The standard InChI is InChI=1S/C16H17N5O2S/c1-23-8-7-17-14(22)10-24-16-13-9-20-21(15(13)18-11-19-16)12-5-3-2-4-6-12/h2-6,9,11H,7-8,10H2,1H3,(H,17,22). The van der Waals surface area contributed by atoms with Gasteiger partial charge in [-0.1, -0.05) is 30.0 Å². The summed E-state index contributed by atoms with van der Waals surface area (Å²) in [6.07, 6.45) is 3.22. The summed E-state index contributed by atoms with van der Waals surface area (Å²) in [6.45, 7) is 0.999. The maximum absolute atomic E-state index is 11.8. The van der Waals surface area contributed by atoms with E-state index in [9.17, 15) is 4.79 Å². The van der Waals surface area contributed by atoms with Crippen molar-refractivity contribution in [2.75, 3.05) is 26.0 Å². The van der Waals surface area contributed by atoms with Crippen LogP contribution in [0.25, 0.3) is 16.7 Å². The molecule has 124 valence electrons. The van der Waals surface area contributed by atoms with Crippen LogP contribution in [0.15, 0.2) is 47.9 Å². The van der Waals surface area contributed by atoms with Gasteiger partial charge in [-0.2, -0.15) is 5.10 Å². The summed E-state index contributed by atoms with van der Waals surface area (Å²) >= 11 is 1.37. The maximum Gasteiger partial charge on any atom is 0.230 e. The number of hydrogen-bond acceptors (Lipinski definition) is 6.